The van der Waals surface area contributed by atoms with E-state index >= 15 is 0 Å². The SMILES string of the molecule is CCOCC(C)(C)OC(C)C(C)(C)OCC1CO1. The fourth-order valence-corrected chi connectivity index (χ4v) is 1.59. The molecule has 1 aliphatic rings. The first-order valence-corrected chi connectivity index (χ1v) is 6.78. The molecule has 0 aromatic heterocycles. The zero-order valence-electron chi connectivity index (χ0n) is 12.6. The lowest BCUT2D eigenvalue weighted by atomic mass is 10.0. The van der Waals surface area contributed by atoms with Gasteiger partial charge in [0, 0.05) is 6.61 Å². The minimum Gasteiger partial charge on any atom is -0.379 e. The van der Waals surface area contributed by atoms with E-state index < -0.39 is 0 Å². The maximum Gasteiger partial charge on any atom is 0.104 e. The van der Waals surface area contributed by atoms with E-state index in [-0.39, 0.29) is 23.4 Å². The van der Waals surface area contributed by atoms with Crippen molar-refractivity contribution in [1.29, 1.82) is 0 Å². The number of hydrogen-bond acceptors (Lipinski definition) is 4. The van der Waals surface area contributed by atoms with Gasteiger partial charge in [-0.3, -0.25) is 0 Å². The summed E-state index contributed by atoms with van der Waals surface area (Å²) in [6, 6.07) is 0. The van der Waals surface area contributed by atoms with E-state index in [1.807, 2.05) is 27.7 Å². The van der Waals surface area contributed by atoms with E-state index in [0.29, 0.717) is 19.8 Å². The van der Waals surface area contributed by atoms with E-state index in [1.54, 1.807) is 0 Å². The first-order chi connectivity index (χ1) is 8.27. The standard InChI is InChI=1S/C14H28O4/c1-7-15-10-13(3,4)18-11(2)14(5,6)17-9-12-8-16-12/h11-12H,7-10H2,1-6H3. The lowest BCUT2D eigenvalue weighted by Crippen LogP contribution is -2.46. The molecule has 108 valence electrons. The van der Waals surface area contributed by atoms with Crippen LogP contribution in [0.3, 0.4) is 0 Å². The summed E-state index contributed by atoms with van der Waals surface area (Å²) in [5.41, 5.74) is -0.623. The van der Waals surface area contributed by atoms with Crippen LogP contribution in [0.4, 0.5) is 0 Å². The van der Waals surface area contributed by atoms with Gasteiger partial charge in [0.25, 0.3) is 0 Å². The topological polar surface area (TPSA) is 40.2 Å². The summed E-state index contributed by atoms with van der Waals surface area (Å²) in [5, 5.41) is 0. The molecule has 0 bridgehead atoms. The number of rotatable bonds is 9. The summed E-state index contributed by atoms with van der Waals surface area (Å²) in [6.07, 6.45) is 0.277. The summed E-state index contributed by atoms with van der Waals surface area (Å²) in [5.74, 6) is 0. The highest BCUT2D eigenvalue weighted by molar-refractivity contribution is 4.82. The normalized spacial score (nSPS) is 22.0. The Balaban J connectivity index is 2.37. The molecule has 0 aromatic carbocycles. The molecule has 1 rings (SSSR count). The molecule has 1 saturated heterocycles. The molecule has 1 fully saturated rings. The molecule has 18 heavy (non-hydrogen) atoms. The first-order valence-electron chi connectivity index (χ1n) is 6.78. The van der Waals surface area contributed by atoms with Gasteiger partial charge in [0.15, 0.2) is 0 Å². The van der Waals surface area contributed by atoms with Crippen LogP contribution in [0.5, 0.6) is 0 Å². The van der Waals surface area contributed by atoms with Gasteiger partial charge in [0.05, 0.1) is 37.1 Å². The van der Waals surface area contributed by atoms with Crippen LogP contribution in [0.1, 0.15) is 41.5 Å². The third-order valence-corrected chi connectivity index (χ3v) is 3.17. The Hall–Kier alpha value is -0.160. The zero-order valence-corrected chi connectivity index (χ0v) is 12.6. The molecule has 0 radical (unpaired) electrons. The molecule has 0 N–H and O–H groups in total. The summed E-state index contributed by atoms with van der Waals surface area (Å²) in [4.78, 5) is 0. The Bertz CT molecular complexity index is 246. The van der Waals surface area contributed by atoms with Gasteiger partial charge in [-0.25, -0.2) is 0 Å². The molecule has 2 atom stereocenters. The van der Waals surface area contributed by atoms with Crippen LogP contribution in [0.15, 0.2) is 0 Å². The Morgan fingerprint density at radius 3 is 2.39 bits per heavy atom. The molecular formula is C14H28O4. The van der Waals surface area contributed by atoms with Gasteiger partial charge < -0.3 is 18.9 Å². The molecule has 4 nitrogen and oxygen atoms in total. The monoisotopic (exact) mass is 260 g/mol. The summed E-state index contributed by atoms with van der Waals surface area (Å²) in [7, 11) is 0. The Kier molecular flexibility index (Phi) is 5.59. The van der Waals surface area contributed by atoms with Gasteiger partial charge in [-0.1, -0.05) is 0 Å². The van der Waals surface area contributed by atoms with Crippen LogP contribution in [0, 0.1) is 0 Å². The van der Waals surface area contributed by atoms with Crippen LogP contribution in [0.2, 0.25) is 0 Å². The van der Waals surface area contributed by atoms with E-state index in [2.05, 4.69) is 13.8 Å². The van der Waals surface area contributed by atoms with Crippen LogP contribution in [0.25, 0.3) is 0 Å². The van der Waals surface area contributed by atoms with Gasteiger partial charge in [-0.15, -0.1) is 0 Å². The van der Waals surface area contributed by atoms with Crippen molar-refractivity contribution in [1.82, 2.24) is 0 Å². The van der Waals surface area contributed by atoms with E-state index in [0.717, 1.165) is 6.61 Å². The average molecular weight is 260 g/mol. The quantitative estimate of drug-likeness (QED) is 0.597. The maximum absolute atomic E-state index is 6.07. The minimum atomic E-state index is -0.324. The third-order valence-electron chi connectivity index (χ3n) is 3.17. The van der Waals surface area contributed by atoms with Gasteiger partial charge in [-0.2, -0.15) is 0 Å². The predicted molar refractivity (Wildman–Crippen MR) is 70.9 cm³/mol. The van der Waals surface area contributed by atoms with Crippen molar-refractivity contribution in [3.63, 3.8) is 0 Å². The smallest absolute Gasteiger partial charge is 0.104 e. The van der Waals surface area contributed by atoms with Crippen LogP contribution in [-0.4, -0.2) is 49.8 Å². The summed E-state index contributed by atoms with van der Waals surface area (Å²) in [6.45, 7) is 15.0. The number of hydrogen-bond donors (Lipinski definition) is 0. The fourth-order valence-electron chi connectivity index (χ4n) is 1.59. The van der Waals surface area contributed by atoms with E-state index in [9.17, 15) is 0 Å². The lowest BCUT2D eigenvalue weighted by Gasteiger charge is -2.37. The molecule has 0 amide bonds. The molecule has 0 spiro atoms. The van der Waals surface area contributed by atoms with Crippen molar-refractivity contribution in [3.8, 4) is 0 Å². The molecule has 4 heteroatoms. The fraction of sp³-hybridized carbons (Fsp3) is 1.00. The van der Waals surface area contributed by atoms with Gasteiger partial charge in [0.1, 0.15) is 6.10 Å². The van der Waals surface area contributed by atoms with Crippen molar-refractivity contribution in [2.45, 2.75) is 65.0 Å². The highest BCUT2D eigenvalue weighted by Crippen LogP contribution is 2.25. The van der Waals surface area contributed by atoms with Crippen molar-refractivity contribution < 1.29 is 18.9 Å². The van der Waals surface area contributed by atoms with Crippen LogP contribution in [-0.2, 0) is 18.9 Å². The van der Waals surface area contributed by atoms with Crippen molar-refractivity contribution in [2.24, 2.45) is 0 Å². The van der Waals surface area contributed by atoms with Crippen LogP contribution >= 0.6 is 0 Å². The van der Waals surface area contributed by atoms with Crippen molar-refractivity contribution >= 4 is 0 Å². The first kappa shape index (κ1) is 15.9. The Morgan fingerprint density at radius 1 is 1.28 bits per heavy atom. The molecule has 0 aliphatic carbocycles. The minimum absolute atomic E-state index is 0.00768. The number of ether oxygens (including phenoxy) is 4. The van der Waals surface area contributed by atoms with E-state index in [4.69, 9.17) is 18.9 Å². The van der Waals surface area contributed by atoms with Gasteiger partial charge in [0.2, 0.25) is 0 Å². The highest BCUT2D eigenvalue weighted by Gasteiger charge is 2.35. The van der Waals surface area contributed by atoms with Gasteiger partial charge >= 0.3 is 0 Å². The molecule has 1 aliphatic heterocycles. The molecule has 0 saturated carbocycles. The Morgan fingerprint density at radius 2 is 1.89 bits per heavy atom. The summed E-state index contributed by atoms with van der Waals surface area (Å²) < 4.78 is 22.5. The third kappa shape index (κ3) is 5.65. The molecule has 1 heterocycles. The molecule has 2 unspecified atom stereocenters. The molecular weight excluding hydrogens is 232 g/mol. The predicted octanol–water partition coefficient (Wildman–Crippen LogP) is 2.40. The largest absolute Gasteiger partial charge is 0.379 e. The van der Waals surface area contributed by atoms with Crippen molar-refractivity contribution in [3.05, 3.63) is 0 Å². The average Bonchev–Trinajstić information content (AvgIpc) is 3.07. The highest BCUT2D eigenvalue weighted by atomic mass is 16.6. The lowest BCUT2D eigenvalue weighted by molar-refractivity contribution is -0.181. The zero-order chi connectivity index (χ0) is 13.8. The second kappa shape index (κ2) is 6.33. The summed E-state index contributed by atoms with van der Waals surface area (Å²) >= 11 is 0. The second-order valence-electron chi connectivity index (χ2n) is 6.03. The maximum atomic E-state index is 6.07. The van der Waals surface area contributed by atoms with E-state index in [1.165, 1.54) is 0 Å². The molecule has 0 aromatic rings. The van der Waals surface area contributed by atoms with Crippen molar-refractivity contribution in [2.75, 3.05) is 26.4 Å². The van der Waals surface area contributed by atoms with Gasteiger partial charge in [-0.05, 0) is 41.5 Å². The van der Waals surface area contributed by atoms with Crippen LogP contribution < -0.4 is 0 Å². The second-order valence-corrected chi connectivity index (χ2v) is 6.03. The number of epoxide rings is 1. The Labute approximate surface area is 111 Å².